The minimum Gasteiger partial charge on any atom is -0.388 e. The fourth-order valence-electron chi connectivity index (χ4n) is 3.15. The average molecular weight is 379 g/mol. The molecule has 1 aromatic carbocycles. The molecule has 0 unspecified atom stereocenters. The third-order valence-electron chi connectivity index (χ3n) is 4.66. The van der Waals surface area contributed by atoms with Gasteiger partial charge in [0.1, 0.15) is 18.3 Å². The van der Waals surface area contributed by atoms with Crippen LogP contribution in [-0.2, 0) is 14.3 Å². The maximum Gasteiger partial charge on any atom is 0.317 e. The summed E-state index contributed by atoms with van der Waals surface area (Å²) >= 11 is 0. The number of amides is 3. The van der Waals surface area contributed by atoms with Gasteiger partial charge in [0.2, 0.25) is 5.91 Å². The lowest BCUT2D eigenvalue weighted by atomic mass is 10.1. The highest BCUT2D eigenvalue weighted by Crippen LogP contribution is 2.24. The standard InChI is InChI=1S/C18H25N3O6/c22-15(20-12-4-2-1-3-5-12)10-13-16(23)17(24)14(27-13)11-19-18(25)21-6-8-26-9-7-21/h1-5,13-14,16-17,23-24H,6-11H2,(H,19,25)(H,20,22)/t13-,14-,16+,17-/m1/s1. The molecule has 4 atom stereocenters. The lowest BCUT2D eigenvalue weighted by Crippen LogP contribution is -2.49. The van der Waals surface area contributed by atoms with Crippen LogP contribution in [0, 0.1) is 0 Å². The Balaban J connectivity index is 1.46. The van der Waals surface area contributed by atoms with Crippen LogP contribution >= 0.6 is 0 Å². The normalized spacial score (nSPS) is 28.0. The number of nitrogens with one attached hydrogen (secondary N) is 2. The first kappa shape index (κ1) is 19.6. The summed E-state index contributed by atoms with van der Waals surface area (Å²) < 4.78 is 10.8. The molecule has 0 spiro atoms. The maximum absolute atomic E-state index is 12.1. The molecule has 1 aromatic rings. The molecule has 4 N–H and O–H groups in total. The Bertz CT molecular complexity index is 637. The van der Waals surface area contributed by atoms with Crippen LogP contribution < -0.4 is 10.6 Å². The van der Waals surface area contributed by atoms with E-state index in [4.69, 9.17) is 9.47 Å². The second-order valence-electron chi connectivity index (χ2n) is 6.60. The number of anilines is 1. The number of hydrogen-bond donors (Lipinski definition) is 4. The number of morpholine rings is 1. The number of nitrogens with zero attached hydrogens (tertiary/aromatic N) is 1. The SMILES string of the molecule is O=C(C[C@H]1O[C@H](CNC(=O)N2CCOCC2)[C@@H](O)[C@H]1O)Nc1ccccc1. The zero-order valence-corrected chi connectivity index (χ0v) is 14.9. The molecule has 3 amide bonds. The molecule has 9 heteroatoms. The Hall–Kier alpha value is -2.20. The van der Waals surface area contributed by atoms with Gasteiger partial charge in [-0.15, -0.1) is 0 Å². The van der Waals surface area contributed by atoms with Gasteiger partial charge in [-0.25, -0.2) is 4.79 Å². The Morgan fingerprint density at radius 1 is 1.07 bits per heavy atom. The highest BCUT2D eigenvalue weighted by atomic mass is 16.5. The second-order valence-corrected chi connectivity index (χ2v) is 6.60. The van der Waals surface area contributed by atoms with E-state index in [1.807, 2.05) is 6.07 Å². The summed E-state index contributed by atoms with van der Waals surface area (Å²) in [7, 11) is 0. The number of rotatable bonds is 5. The Morgan fingerprint density at radius 3 is 2.44 bits per heavy atom. The number of ether oxygens (including phenoxy) is 2. The molecule has 0 bridgehead atoms. The fraction of sp³-hybridized carbons (Fsp3) is 0.556. The van der Waals surface area contributed by atoms with Gasteiger partial charge in [0.15, 0.2) is 0 Å². The van der Waals surface area contributed by atoms with E-state index in [0.29, 0.717) is 32.0 Å². The van der Waals surface area contributed by atoms with Crippen molar-refractivity contribution in [3.8, 4) is 0 Å². The number of carbonyl (C=O) groups excluding carboxylic acids is 2. The van der Waals surface area contributed by atoms with Gasteiger partial charge in [0.05, 0.1) is 25.7 Å². The molecular weight excluding hydrogens is 354 g/mol. The van der Waals surface area contributed by atoms with Crippen molar-refractivity contribution in [1.29, 1.82) is 0 Å². The summed E-state index contributed by atoms with van der Waals surface area (Å²) in [6.07, 6.45) is -4.09. The van der Waals surface area contributed by atoms with Crippen molar-refractivity contribution >= 4 is 17.6 Å². The number of aliphatic hydroxyl groups excluding tert-OH is 2. The van der Waals surface area contributed by atoms with Gasteiger partial charge in [-0.2, -0.15) is 0 Å². The van der Waals surface area contributed by atoms with Crippen LogP contribution in [0.3, 0.4) is 0 Å². The van der Waals surface area contributed by atoms with E-state index in [1.165, 1.54) is 0 Å². The zero-order chi connectivity index (χ0) is 19.2. The van der Waals surface area contributed by atoms with Crippen LogP contribution in [0.1, 0.15) is 6.42 Å². The summed E-state index contributed by atoms with van der Waals surface area (Å²) in [4.78, 5) is 25.8. The van der Waals surface area contributed by atoms with E-state index in [9.17, 15) is 19.8 Å². The molecule has 148 valence electrons. The number of carbonyl (C=O) groups is 2. The first-order valence-electron chi connectivity index (χ1n) is 9.01. The number of hydrogen-bond acceptors (Lipinski definition) is 6. The van der Waals surface area contributed by atoms with E-state index >= 15 is 0 Å². The quantitative estimate of drug-likeness (QED) is 0.550. The summed E-state index contributed by atoms with van der Waals surface area (Å²) in [6, 6.07) is 8.67. The number of benzene rings is 1. The van der Waals surface area contributed by atoms with Gasteiger partial charge in [0.25, 0.3) is 0 Å². The average Bonchev–Trinajstić information content (AvgIpc) is 2.95. The monoisotopic (exact) mass is 379 g/mol. The maximum atomic E-state index is 12.1. The van der Waals surface area contributed by atoms with Crippen LogP contribution in [0.5, 0.6) is 0 Å². The molecule has 0 saturated carbocycles. The van der Waals surface area contributed by atoms with Gasteiger partial charge in [0, 0.05) is 25.3 Å². The van der Waals surface area contributed by atoms with Gasteiger partial charge >= 0.3 is 6.03 Å². The Morgan fingerprint density at radius 2 is 1.74 bits per heavy atom. The highest BCUT2D eigenvalue weighted by Gasteiger charge is 2.43. The van der Waals surface area contributed by atoms with Crippen LogP contribution in [0.2, 0.25) is 0 Å². The summed E-state index contributed by atoms with van der Waals surface area (Å²) in [5.41, 5.74) is 0.643. The zero-order valence-electron chi connectivity index (χ0n) is 14.9. The van der Waals surface area contributed by atoms with Gasteiger partial charge in [-0.05, 0) is 12.1 Å². The van der Waals surface area contributed by atoms with Crippen LogP contribution in [-0.4, -0.2) is 84.3 Å². The van der Waals surface area contributed by atoms with Crippen molar-refractivity contribution in [2.75, 3.05) is 38.2 Å². The minimum atomic E-state index is -1.20. The van der Waals surface area contributed by atoms with Gasteiger partial charge in [-0.1, -0.05) is 18.2 Å². The number of urea groups is 1. The predicted octanol–water partition coefficient (Wildman–Crippen LogP) is -0.454. The molecule has 2 saturated heterocycles. The molecule has 2 fully saturated rings. The van der Waals surface area contributed by atoms with Crippen molar-refractivity contribution in [2.24, 2.45) is 0 Å². The van der Waals surface area contributed by atoms with Crippen molar-refractivity contribution in [3.63, 3.8) is 0 Å². The Kier molecular flexibility index (Phi) is 6.62. The highest BCUT2D eigenvalue weighted by molar-refractivity contribution is 5.91. The lowest BCUT2D eigenvalue weighted by Gasteiger charge is -2.27. The lowest BCUT2D eigenvalue weighted by molar-refractivity contribution is -0.120. The van der Waals surface area contributed by atoms with E-state index in [-0.39, 0.29) is 24.9 Å². The van der Waals surface area contributed by atoms with E-state index < -0.39 is 24.4 Å². The summed E-state index contributed by atoms with van der Waals surface area (Å²) in [6.45, 7) is 2.04. The molecule has 2 aliphatic heterocycles. The van der Waals surface area contributed by atoms with E-state index in [2.05, 4.69) is 10.6 Å². The summed E-state index contributed by atoms with van der Waals surface area (Å²) in [5, 5.41) is 25.7. The second kappa shape index (κ2) is 9.14. The van der Waals surface area contributed by atoms with Crippen molar-refractivity contribution in [2.45, 2.75) is 30.8 Å². The summed E-state index contributed by atoms with van der Waals surface area (Å²) in [5.74, 6) is -0.324. The van der Waals surface area contributed by atoms with E-state index in [1.54, 1.807) is 29.2 Å². The number of para-hydroxylation sites is 1. The number of aliphatic hydroxyl groups is 2. The largest absolute Gasteiger partial charge is 0.388 e. The Labute approximate surface area is 157 Å². The van der Waals surface area contributed by atoms with Crippen LogP contribution in [0.4, 0.5) is 10.5 Å². The van der Waals surface area contributed by atoms with Crippen LogP contribution in [0.25, 0.3) is 0 Å². The molecule has 2 aliphatic rings. The first-order valence-corrected chi connectivity index (χ1v) is 9.01. The van der Waals surface area contributed by atoms with E-state index in [0.717, 1.165) is 0 Å². The van der Waals surface area contributed by atoms with Crippen molar-refractivity contribution in [3.05, 3.63) is 30.3 Å². The fourth-order valence-corrected chi connectivity index (χ4v) is 3.15. The molecule has 0 aromatic heterocycles. The molecule has 9 nitrogen and oxygen atoms in total. The van der Waals surface area contributed by atoms with Gasteiger partial charge < -0.3 is 35.2 Å². The van der Waals surface area contributed by atoms with Crippen molar-refractivity contribution in [1.82, 2.24) is 10.2 Å². The predicted molar refractivity (Wildman–Crippen MR) is 96.2 cm³/mol. The molecular formula is C18H25N3O6. The smallest absolute Gasteiger partial charge is 0.317 e. The molecule has 3 rings (SSSR count). The van der Waals surface area contributed by atoms with Crippen LogP contribution in [0.15, 0.2) is 30.3 Å². The molecule has 0 radical (unpaired) electrons. The minimum absolute atomic E-state index is 0.0468. The molecule has 2 heterocycles. The van der Waals surface area contributed by atoms with Crippen molar-refractivity contribution < 1.29 is 29.3 Å². The third kappa shape index (κ3) is 5.16. The molecule has 27 heavy (non-hydrogen) atoms. The topological polar surface area (TPSA) is 120 Å². The third-order valence-corrected chi connectivity index (χ3v) is 4.66. The first-order chi connectivity index (χ1) is 13.0. The van der Waals surface area contributed by atoms with Gasteiger partial charge in [-0.3, -0.25) is 4.79 Å². The molecule has 0 aliphatic carbocycles.